The Morgan fingerprint density at radius 2 is 1.90 bits per heavy atom. The summed E-state index contributed by atoms with van der Waals surface area (Å²) in [5.41, 5.74) is 3.44. The summed E-state index contributed by atoms with van der Waals surface area (Å²) in [6.07, 6.45) is 3.05. The molecule has 3 heterocycles. The van der Waals surface area contributed by atoms with E-state index in [0.717, 1.165) is 42.7 Å². The molecular formula is C23H20ClN3O2. The van der Waals surface area contributed by atoms with Gasteiger partial charge in [-0.05, 0) is 61.2 Å². The zero-order valence-corrected chi connectivity index (χ0v) is 16.6. The molecule has 0 radical (unpaired) electrons. The highest BCUT2D eigenvalue weighted by molar-refractivity contribution is 6.35. The van der Waals surface area contributed by atoms with E-state index >= 15 is 0 Å². The molecule has 6 rings (SSSR count). The first-order chi connectivity index (χ1) is 14.1. The topological polar surface area (TPSA) is 64.0 Å². The number of hydrogen-bond donors (Lipinski definition) is 1. The van der Waals surface area contributed by atoms with Crippen LogP contribution in [0.5, 0.6) is 0 Å². The summed E-state index contributed by atoms with van der Waals surface area (Å²) in [7, 11) is 0. The number of ketones is 1. The molecule has 3 aromatic rings. The third kappa shape index (κ3) is 2.29. The van der Waals surface area contributed by atoms with Gasteiger partial charge < -0.3 is 5.32 Å². The Morgan fingerprint density at radius 3 is 2.66 bits per heavy atom. The van der Waals surface area contributed by atoms with Crippen molar-refractivity contribution >= 4 is 28.3 Å². The van der Waals surface area contributed by atoms with Crippen molar-refractivity contribution in [2.24, 2.45) is 0 Å². The van der Waals surface area contributed by atoms with Crippen molar-refractivity contribution in [1.29, 1.82) is 0 Å². The molecule has 0 atom stereocenters. The molecule has 1 saturated heterocycles. The van der Waals surface area contributed by atoms with E-state index in [1.54, 1.807) is 6.07 Å². The highest BCUT2D eigenvalue weighted by Gasteiger charge is 2.54. The highest BCUT2D eigenvalue weighted by Crippen LogP contribution is 2.53. The molecule has 146 valence electrons. The second-order valence-electron chi connectivity index (χ2n) is 8.49. The van der Waals surface area contributed by atoms with Gasteiger partial charge in [0.05, 0.1) is 27.0 Å². The molecule has 0 amide bonds. The van der Waals surface area contributed by atoms with Gasteiger partial charge in [-0.1, -0.05) is 29.8 Å². The number of benzene rings is 2. The number of carbonyl (C=O) groups excluding carboxylic acids is 1. The van der Waals surface area contributed by atoms with Crippen LogP contribution in [0.4, 0.5) is 0 Å². The quantitative estimate of drug-likeness (QED) is 0.673. The van der Waals surface area contributed by atoms with Gasteiger partial charge in [-0.2, -0.15) is 4.98 Å². The zero-order chi connectivity index (χ0) is 19.8. The molecule has 29 heavy (non-hydrogen) atoms. The minimum atomic E-state index is -0.477. The van der Waals surface area contributed by atoms with Crippen molar-refractivity contribution in [3.05, 3.63) is 68.7 Å². The number of Topliss-reactive ketones (excluding diaryl/α,β-unsaturated/α-hetero) is 1. The minimum Gasteiger partial charge on any atom is -0.317 e. The smallest absolute Gasteiger partial charge is 0.282 e. The number of nitrogens with zero attached hydrogens (tertiary/aromatic N) is 2. The lowest BCUT2D eigenvalue weighted by molar-refractivity contribution is -0.127. The number of halogens is 1. The van der Waals surface area contributed by atoms with E-state index < -0.39 is 5.41 Å². The van der Waals surface area contributed by atoms with Gasteiger partial charge in [0.25, 0.3) is 5.56 Å². The summed E-state index contributed by atoms with van der Waals surface area (Å²) in [5, 5.41) is 4.28. The SMILES string of the molecule is O=C1CC2(C1)c1ccc(C3CCNCC3)cc1-n1c2nc(=O)c2c(Cl)cccc21. The number of fused-ring (bicyclic) bond motifs is 7. The van der Waals surface area contributed by atoms with E-state index in [9.17, 15) is 9.59 Å². The van der Waals surface area contributed by atoms with Gasteiger partial charge in [0, 0.05) is 12.8 Å². The first-order valence-electron chi connectivity index (χ1n) is 10.2. The van der Waals surface area contributed by atoms with Gasteiger partial charge in [0.15, 0.2) is 0 Å². The molecule has 6 heteroatoms. The van der Waals surface area contributed by atoms with E-state index in [0.29, 0.717) is 35.0 Å². The largest absolute Gasteiger partial charge is 0.317 e. The number of carbonyl (C=O) groups is 1. The Hall–Kier alpha value is -2.50. The fraction of sp³-hybridized carbons (Fsp3) is 0.348. The van der Waals surface area contributed by atoms with Crippen molar-refractivity contribution in [2.45, 2.75) is 37.0 Å². The maximum absolute atomic E-state index is 12.8. The minimum absolute atomic E-state index is 0.215. The van der Waals surface area contributed by atoms with Gasteiger partial charge in [-0.25, -0.2) is 0 Å². The Labute approximate surface area is 172 Å². The Balaban J connectivity index is 1.65. The average molecular weight is 406 g/mol. The molecule has 2 aliphatic heterocycles. The van der Waals surface area contributed by atoms with Gasteiger partial charge in [0.2, 0.25) is 0 Å². The van der Waals surface area contributed by atoms with Crippen molar-refractivity contribution < 1.29 is 4.79 Å². The Bertz CT molecular complexity index is 1250. The summed E-state index contributed by atoms with van der Waals surface area (Å²) in [5.74, 6) is 1.42. The summed E-state index contributed by atoms with van der Waals surface area (Å²) in [6, 6.07) is 12.1. The normalized spacial score (nSPS) is 20.0. The number of nitrogens with one attached hydrogen (secondary N) is 1. The van der Waals surface area contributed by atoms with Crippen LogP contribution in [0, 0.1) is 0 Å². The molecule has 1 saturated carbocycles. The highest BCUT2D eigenvalue weighted by atomic mass is 35.5. The van der Waals surface area contributed by atoms with Crippen molar-refractivity contribution in [3.63, 3.8) is 0 Å². The lowest BCUT2D eigenvalue weighted by Crippen LogP contribution is -2.43. The first-order valence-corrected chi connectivity index (χ1v) is 10.6. The van der Waals surface area contributed by atoms with E-state index in [1.807, 2.05) is 12.1 Å². The second-order valence-corrected chi connectivity index (χ2v) is 8.89. The third-order valence-corrected chi connectivity index (χ3v) is 7.20. The van der Waals surface area contributed by atoms with Gasteiger partial charge in [-0.15, -0.1) is 0 Å². The van der Waals surface area contributed by atoms with Crippen LogP contribution >= 0.6 is 11.6 Å². The van der Waals surface area contributed by atoms with Crippen LogP contribution in [0.2, 0.25) is 5.02 Å². The lowest BCUT2D eigenvalue weighted by Gasteiger charge is -2.36. The molecule has 3 aliphatic rings. The lowest BCUT2D eigenvalue weighted by atomic mass is 9.64. The maximum atomic E-state index is 12.8. The fourth-order valence-electron chi connectivity index (χ4n) is 5.43. The van der Waals surface area contributed by atoms with E-state index in [2.05, 4.69) is 33.1 Å². The fourth-order valence-corrected chi connectivity index (χ4v) is 5.68. The Kier molecular flexibility index (Phi) is 3.59. The summed E-state index contributed by atoms with van der Waals surface area (Å²) in [6.45, 7) is 2.06. The van der Waals surface area contributed by atoms with Gasteiger partial charge >= 0.3 is 0 Å². The van der Waals surface area contributed by atoms with Crippen molar-refractivity contribution in [2.75, 3.05) is 13.1 Å². The second kappa shape index (κ2) is 6.00. The van der Waals surface area contributed by atoms with E-state index in [4.69, 9.17) is 11.6 Å². The number of rotatable bonds is 1. The molecule has 1 N–H and O–H groups in total. The summed E-state index contributed by atoms with van der Waals surface area (Å²) in [4.78, 5) is 29.4. The molecule has 1 spiro atoms. The number of piperidine rings is 1. The van der Waals surface area contributed by atoms with Crippen LogP contribution in [0.3, 0.4) is 0 Å². The van der Waals surface area contributed by atoms with Crippen LogP contribution in [-0.2, 0) is 10.2 Å². The van der Waals surface area contributed by atoms with E-state index in [-0.39, 0.29) is 11.3 Å². The molecule has 1 aliphatic carbocycles. The molecule has 2 aromatic carbocycles. The van der Waals surface area contributed by atoms with Crippen molar-refractivity contribution in [1.82, 2.24) is 14.9 Å². The molecular weight excluding hydrogens is 386 g/mol. The van der Waals surface area contributed by atoms with Gasteiger partial charge in [-0.3, -0.25) is 14.2 Å². The predicted molar refractivity (Wildman–Crippen MR) is 112 cm³/mol. The predicted octanol–water partition coefficient (Wildman–Crippen LogP) is 3.47. The summed E-state index contributed by atoms with van der Waals surface area (Å²) < 4.78 is 2.08. The molecule has 0 unspecified atom stereocenters. The van der Waals surface area contributed by atoms with Crippen LogP contribution < -0.4 is 10.9 Å². The molecule has 2 fully saturated rings. The third-order valence-electron chi connectivity index (χ3n) is 6.88. The molecule has 1 aromatic heterocycles. The van der Waals surface area contributed by atoms with Crippen LogP contribution in [0.25, 0.3) is 16.6 Å². The number of aromatic nitrogens is 2. The van der Waals surface area contributed by atoms with Crippen LogP contribution in [0.15, 0.2) is 41.2 Å². The average Bonchev–Trinajstić information content (AvgIpc) is 2.98. The maximum Gasteiger partial charge on any atom is 0.282 e. The molecule has 0 bridgehead atoms. The monoisotopic (exact) mass is 405 g/mol. The zero-order valence-electron chi connectivity index (χ0n) is 15.9. The summed E-state index contributed by atoms with van der Waals surface area (Å²) >= 11 is 6.37. The molecule has 5 nitrogen and oxygen atoms in total. The standard InChI is InChI=1S/C23H20ClN3O2/c24-17-2-1-3-18-20(17)21(29)26-22-23(11-15(28)12-23)16-5-4-14(10-19(16)27(18)22)13-6-8-25-9-7-13/h1-5,10,13,25H,6-9,11-12H2. The van der Waals surface area contributed by atoms with Crippen LogP contribution in [0.1, 0.15) is 48.6 Å². The number of hydrogen-bond acceptors (Lipinski definition) is 4. The first kappa shape index (κ1) is 17.4. The van der Waals surface area contributed by atoms with Gasteiger partial charge in [0.1, 0.15) is 11.6 Å². The Morgan fingerprint density at radius 1 is 1.10 bits per heavy atom. The van der Waals surface area contributed by atoms with Crippen LogP contribution in [-0.4, -0.2) is 28.4 Å². The van der Waals surface area contributed by atoms with Crippen molar-refractivity contribution in [3.8, 4) is 5.69 Å². The van der Waals surface area contributed by atoms with E-state index in [1.165, 1.54) is 5.56 Å².